The monoisotopic (exact) mass is 250 g/mol. The van der Waals surface area contributed by atoms with E-state index in [0.29, 0.717) is 12.1 Å². The third-order valence-electron chi connectivity index (χ3n) is 2.77. The molecular weight excluding hydrogens is 232 g/mol. The molecule has 1 heterocycles. The molecule has 0 saturated heterocycles. The number of aromatic nitrogens is 1. The molecule has 0 saturated carbocycles. The number of hydrogen-bond donors (Lipinski definition) is 2. The summed E-state index contributed by atoms with van der Waals surface area (Å²) in [7, 11) is 0. The molecule has 1 aromatic carbocycles. The van der Waals surface area contributed by atoms with Crippen LogP contribution < -0.4 is 11.1 Å². The van der Waals surface area contributed by atoms with Gasteiger partial charge in [0.25, 0.3) is 0 Å². The maximum atomic E-state index is 11.7. The van der Waals surface area contributed by atoms with Gasteiger partial charge in [-0.25, -0.2) is 4.79 Å². The zero-order valence-corrected chi connectivity index (χ0v) is 10.4. The number of nitrogens with one attached hydrogen (secondary N) is 1. The lowest BCUT2D eigenvalue weighted by Crippen LogP contribution is -2.33. The molecule has 0 bridgehead atoms. The van der Waals surface area contributed by atoms with E-state index in [9.17, 15) is 9.90 Å². The summed E-state index contributed by atoms with van der Waals surface area (Å²) in [5, 5.41) is 13.0. The maximum absolute atomic E-state index is 11.7. The van der Waals surface area contributed by atoms with Gasteiger partial charge in [0.05, 0.1) is 18.2 Å². The van der Waals surface area contributed by atoms with Crippen LogP contribution in [0, 0.1) is 0 Å². The van der Waals surface area contributed by atoms with Gasteiger partial charge < -0.3 is 14.8 Å². The van der Waals surface area contributed by atoms with Crippen LogP contribution in [0.5, 0.6) is 0 Å². The molecule has 5 heteroatoms. The molecule has 5 nitrogen and oxygen atoms in total. The van der Waals surface area contributed by atoms with Crippen molar-refractivity contribution in [1.82, 2.24) is 9.88 Å². The fourth-order valence-electron chi connectivity index (χ4n) is 1.91. The smallest absolute Gasteiger partial charge is 0.408 e. The van der Waals surface area contributed by atoms with Crippen LogP contribution in [-0.4, -0.2) is 28.9 Å². The number of benzene rings is 1. The number of rotatable bonds is 6. The van der Waals surface area contributed by atoms with Crippen LogP contribution in [0.2, 0.25) is 0 Å². The quantitative estimate of drug-likeness (QED) is 0.749. The van der Waals surface area contributed by atoms with E-state index in [1.165, 1.54) is 4.57 Å². The summed E-state index contributed by atoms with van der Waals surface area (Å²) in [6.07, 6.45) is 0.414. The van der Waals surface area contributed by atoms with Gasteiger partial charge in [-0.05, 0) is 25.1 Å². The molecule has 2 rings (SSSR count). The lowest BCUT2D eigenvalue weighted by molar-refractivity contribution is 0.150. The lowest BCUT2D eigenvalue weighted by atomic mass is 10.3. The Morgan fingerprint density at radius 3 is 3.00 bits per heavy atom. The van der Waals surface area contributed by atoms with Gasteiger partial charge in [-0.1, -0.05) is 19.1 Å². The van der Waals surface area contributed by atoms with E-state index in [4.69, 9.17) is 4.42 Å². The van der Waals surface area contributed by atoms with Gasteiger partial charge in [-0.15, -0.1) is 0 Å². The van der Waals surface area contributed by atoms with Crippen molar-refractivity contribution < 1.29 is 9.52 Å². The van der Waals surface area contributed by atoms with Crippen LogP contribution in [-0.2, 0) is 6.54 Å². The number of aliphatic hydroxyl groups is 1. The first-order chi connectivity index (χ1) is 8.72. The Bertz CT molecular complexity index is 559. The van der Waals surface area contributed by atoms with Crippen molar-refractivity contribution in [3.63, 3.8) is 0 Å². The molecule has 1 unspecified atom stereocenters. The predicted molar refractivity (Wildman–Crippen MR) is 69.6 cm³/mol. The highest BCUT2D eigenvalue weighted by Crippen LogP contribution is 2.11. The Kier molecular flexibility index (Phi) is 4.17. The first-order valence-corrected chi connectivity index (χ1v) is 6.19. The maximum Gasteiger partial charge on any atom is 0.420 e. The molecule has 0 fully saturated rings. The summed E-state index contributed by atoms with van der Waals surface area (Å²) >= 11 is 0. The fraction of sp³-hybridized carbons (Fsp3) is 0.462. The van der Waals surface area contributed by atoms with Crippen LogP contribution in [0.4, 0.5) is 0 Å². The van der Waals surface area contributed by atoms with Crippen LogP contribution >= 0.6 is 0 Å². The Labute approximate surface area is 105 Å². The van der Waals surface area contributed by atoms with Gasteiger partial charge in [0.1, 0.15) is 0 Å². The molecule has 2 N–H and O–H groups in total. The van der Waals surface area contributed by atoms with E-state index < -0.39 is 11.9 Å². The number of oxazole rings is 1. The van der Waals surface area contributed by atoms with Crippen molar-refractivity contribution in [3.05, 3.63) is 34.8 Å². The van der Waals surface area contributed by atoms with Crippen molar-refractivity contribution in [2.75, 3.05) is 13.1 Å². The van der Waals surface area contributed by atoms with Gasteiger partial charge in [0, 0.05) is 6.54 Å². The summed E-state index contributed by atoms with van der Waals surface area (Å²) in [5.41, 5.74) is 1.27. The second-order valence-corrected chi connectivity index (χ2v) is 4.30. The fourth-order valence-corrected chi connectivity index (χ4v) is 1.91. The molecular formula is C13H18N2O3. The molecule has 0 aliphatic carbocycles. The summed E-state index contributed by atoms with van der Waals surface area (Å²) < 4.78 is 6.57. The Balaban J connectivity index is 2.11. The molecule has 1 atom stereocenters. The lowest BCUT2D eigenvalue weighted by Gasteiger charge is -2.11. The van der Waals surface area contributed by atoms with Crippen molar-refractivity contribution in [1.29, 1.82) is 0 Å². The molecule has 0 spiro atoms. The summed E-state index contributed by atoms with van der Waals surface area (Å²) in [5.74, 6) is -0.425. The summed E-state index contributed by atoms with van der Waals surface area (Å²) in [6, 6.07) is 7.21. The minimum absolute atomic E-state index is 0.243. The van der Waals surface area contributed by atoms with Crippen molar-refractivity contribution in [3.8, 4) is 0 Å². The predicted octanol–water partition coefficient (Wildman–Crippen LogP) is 0.955. The Morgan fingerprint density at radius 2 is 2.22 bits per heavy atom. The van der Waals surface area contributed by atoms with Crippen LogP contribution in [0.25, 0.3) is 11.1 Å². The molecule has 1 aromatic heterocycles. The number of para-hydroxylation sites is 2. The normalized spacial score (nSPS) is 13.0. The van der Waals surface area contributed by atoms with Crippen LogP contribution in [0.1, 0.15) is 13.3 Å². The van der Waals surface area contributed by atoms with Crippen LogP contribution in [0.3, 0.4) is 0 Å². The molecule has 0 amide bonds. The summed E-state index contributed by atoms with van der Waals surface area (Å²) in [6.45, 7) is 3.64. The van der Waals surface area contributed by atoms with Gasteiger partial charge in [-0.2, -0.15) is 0 Å². The van der Waals surface area contributed by atoms with Crippen molar-refractivity contribution in [2.45, 2.75) is 26.0 Å². The summed E-state index contributed by atoms with van der Waals surface area (Å²) in [4.78, 5) is 11.7. The van der Waals surface area contributed by atoms with E-state index in [0.717, 1.165) is 18.5 Å². The van der Waals surface area contributed by atoms with Gasteiger partial charge >= 0.3 is 5.76 Å². The number of hydrogen-bond acceptors (Lipinski definition) is 4. The van der Waals surface area contributed by atoms with E-state index in [-0.39, 0.29) is 6.54 Å². The third kappa shape index (κ3) is 2.80. The molecule has 98 valence electrons. The first-order valence-electron chi connectivity index (χ1n) is 6.19. The van der Waals surface area contributed by atoms with Crippen molar-refractivity contribution in [2.24, 2.45) is 0 Å². The van der Waals surface area contributed by atoms with Crippen molar-refractivity contribution >= 4 is 11.1 Å². The highest BCUT2D eigenvalue weighted by atomic mass is 16.4. The zero-order valence-electron chi connectivity index (χ0n) is 10.4. The van der Waals surface area contributed by atoms with Gasteiger partial charge in [-0.3, -0.25) is 4.57 Å². The topological polar surface area (TPSA) is 67.4 Å². The molecule has 18 heavy (non-hydrogen) atoms. The molecule has 2 aromatic rings. The minimum Gasteiger partial charge on any atom is -0.408 e. The van der Waals surface area contributed by atoms with E-state index in [2.05, 4.69) is 12.2 Å². The highest BCUT2D eigenvalue weighted by molar-refractivity contribution is 5.72. The third-order valence-corrected chi connectivity index (χ3v) is 2.77. The molecule has 0 aliphatic heterocycles. The van der Waals surface area contributed by atoms with E-state index >= 15 is 0 Å². The second-order valence-electron chi connectivity index (χ2n) is 4.30. The standard InChI is InChI=1S/C13H18N2O3/c1-2-7-14-8-10(16)9-15-11-5-3-4-6-12(11)18-13(15)17/h3-6,10,14,16H,2,7-9H2,1H3. The largest absolute Gasteiger partial charge is 0.420 e. The van der Waals surface area contributed by atoms with Crippen LogP contribution in [0.15, 0.2) is 33.5 Å². The Morgan fingerprint density at radius 1 is 1.44 bits per heavy atom. The number of aliphatic hydroxyl groups excluding tert-OH is 1. The zero-order chi connectivity index (χ0) is 13.0. The van der Waals surface area contributed by atoms with E-state index in [1.807, 2.05) is 18.2 Å². The first kappa shape index (κ1) is 12.9. The number of fused-ring (bicyclic) bond motifs is 1. The van der Waals surface area contributed by atoms with E-state index in [1.54, 1.807) is 6.07 Å². The van der Waals surface area contributed by atoms with Gasteiger partial charge in [0.2, 0.25) is 0 Å². The second kappa shape index (κ2) is 5.84. The average Bonchev–Trinajstić information content (AvgIpc) is 2.67. The molecule has 0 aliphatic rings. The average molecular weight is 250 g/mol. The van der Waals surface area contributed by atoms with Gasteiger partial charge in [0.15, 0.2) is 5.58 Å². The SMILES string of the molecule is CCCNCC(O)Cn1c(=O)oc2ccccc21. The minimum atomic E-state index is -0.602. The molecule has 0 radical (unpaired) electrons. The Hall–Kier alpha value is -1.59. The number of nitrogens with zero attached hydrogens (tertiary/aromatic N) is 1. The highest BCUT2D eigenvalue weighted by Gasteiger charge is 2.12.